The summed E-state index contributed by atoms with van der Waals surface area (Å²) in [6, 6.07) is 3.67. The first-order valence-electron chi connectivity index (χ1n) is 7.45. The molecule has 0 bridgehead atoms. The van der Waals surface area contributed by atoms with Crippen molar-refractivity contribution in [3.05, 3.63) is 33.8 Å². The Balaban J connectivity index is 2.13. The summed E-state index contributed by atoms with van der Waals surface area (Å²) in [6.45, 7) is 1.97. The van der Waals surface area contributed by atoms with E-state index in [0.717, 1.165) is 43.2 Å². The van der Waals surface area contributed by atoms with E-state index in [9.17, 15) is 4.79 Å². The van der Waals surface area contributed by atoms with Gasteiger partial charge in [-0.15, -0.1) is 0 Å². The standard InChI is InChI=1S/C17H23ClO3/c1-11-13(8-12-4-6-15(20-2)7-5-12)9-14(18)10-16(11)17(19)21-3/h9-10,12,15H,4-8H2,1-3H3. The Morgan fingerprint density at radius 1 is 1.24 bits per heavy atom. The molecule has 0 radical (unpaired) electrons. The van der Waals surface area contributed by atoms with Crippen molar-refractivity contribution in [2.45, 2.75) is 45.1 Å². The van der Waals surface area contributed by atoms with Crippen LogP contribution in [0.3, 0.4) is 0 Å². The fourth-order valence-electron chi connectivity index (χ4n) is 3.15. The largest absolute Gasteiger partial charge is 0.465 e. The van der Waals surface area contributed by atoms with Crippen LogP contribution < -0.4 is 0 Å². The van der Waals surface area contributed by atoms with Crippen LogP contribution in [0.2, 0.25) is 5.02 Å². The Bertz CT molecular complexity index is 505. The Labute approximate surface area is 131 Å². The highest BCUT2D eigenvalue weighted by Crippen LogP contribution is 2.31. The highest BCUT2D eigenvalue weighted by molar-refractivity contribution is 6.31. The molecule has 1 aliphatic rings. The summed E-state index contributed by atoms with van der Waals surface area (Å²) in [5.74, 6) is 0.318. The van der Waals surface area contributed by atoms with Gasteiger partial charge in [-0.25, -0.2) is 4.79 Å². The van der Waals surface area contributed by atoms with Gasteiger partial charge in [0.2, 0.25) is 0 Å². The maximum atomic E-state index is 11.8. The molecule has 116 valence electrons. The monoisotopic (exact) mass is 310 g/mol. The first-order valence-corrected chi connectivity index (χ1v) is 7.83. The van der Waals surface area contributed by atoms with Gasteiger partial charge in [-0.1, -0.05) is 11.6 Å². The Morgan fingerprint density at radius 2 is 1.90 bits per heavy atom. The summed E-state index contributed by atoms with van der Waals surface area (Å²) in [4.78, 5) is 11.8. The summed E-state index contributed by atoms with van der Waals surface area (Å²) in [7, 11) is 3.18. The second kappa shape index (κ2) is 7.28. The van der Waals surface area contributed by atoms with Gasteiger partial charge in [0.15, 0.2) is 0 Å². The van der Waals surface area contributed by atoms with Crippen LogP contribution in [0.5, 0.6) is 0 Å². The zero-order valence-corrected chi connectivity index (χ0v) is 13.7. The molecule has 0 aliphatic heterocycles. The van der Waals surface area contributed by atoms with Gasteiger partial charge in [-0.05, 0) is 68.2 Å². The lowest BCUT2D eigenvalue weighted by atomic mass is 9.82. The fourth-order valence-corrected chi connectivity index (χ4v) is 3.39. The van der Waals surface area contributed by atoms with Crippen LogP contribution in [-0.2, 0) is 15.9 Å². The van der Waals surface area contributed by atoms with Crippen molar-refractivity contribution in [3.8, 4) is 0 Å². The van der Waals surface area contributed by atoms with Crippen molar-refractivity contribution in [3.63, 3.8) is 0 Å². The number of methoxy groups -OCH3 is 2. The van der Waals surface area contributed by atoms with Crippen LogP contribution in [0.1, 0.15) is 47.2 Å². The molecule has 0 unspecified atom stereocenters. The SMILES string of the molecule is COC(=O)c1cc(Cl)cc(CC2CCC(OC)CC2)c1C. The molecule has 4 heteroatoms. The quantitative estimate of drug-likeness (QED) is 0.783. The van der Waals surface area contributed by atoms with E-state index in [0.29, 0.717) is 22.6 Å². The van der Waals surface area contributed by atoms with Crippen molar-refractivity contribution in [1.82, 2.24) is 0 Å². The molecule has 0 aromatic heterocycles. The van der Waals surface area contributed by atoms with Crippen LogP contribution >= 0.6 is 11.6 Å². The van der Waals surface area contributed by atoms with E-state index in [4.69, 9.17) is 21.1 Å². The minimum Gasteiger partial charge on any atom is -0.465 e. The van der Waals surface area contributed by atoms with E-state index >= 15 is 0 Å². The van der Waals surface area contributed by atoms with Crippen LogP contribution in [0.4, 0.5) is 0 Å². The zero-order valence-electron chi connectivity index (χ0n) is 12.9. The third kappa shape index (κ3) is 3.98. The highest BCUT2D eigenvalue weighted by atomic mass is 35.5. The number of carbonyl (C=O) groups is 1. The third-order valence-electron chi connectivity index (χ3n) is 4.52. The first kappa shape index (κ1) is 16.3. The normalized spacial score (nSPS) is 22.1. The molecule has 0 N–H and O–H groups in total. The number of esters is 1. The third-order valence-corrected chi connectivity index (χ3v) is 4.74. The number of benzene rings is 1. The molecule has 1 aromatic rings. The molecule has 1 aromatic carbocycles. The van der Waals surface area contributed by atoms with Crippen LogP contribution in [0.15, 0.2) is 12.1 Å². The maximum Gasteiger partial charge on any atom is 0.338 e. The van der Waals surface area contributed by atoms with E-state index in [1.807, 2.05) is 13.0 Å². The second-order valence-electron chi connectivity index (χ2n) is 5.81. The number of rotatable bonds is 4. The Hall–Kier alpha value is -1.06. The van der Waals surface area contributed by atoms with Crippen molar-refractivity contribution in [2.75, 3.05) is 14.2 Å². The molecule has 0 amide bonds. The molecule has 2 rings (SSSR count). The fraction of sp³-hybridized carbons (Fsp3) is 0.588. The lowest BCUT2D eigenvalue weighted by Gasteiger charge is -2.28. The van der Waals surface area contributed by atoms with Gasteiger partial charge in [-0.3, -0.25) is 0 Å². The predicted octanol–water partition coefficient (Wildman–Crippen LogP) is 4.18. The van der Waals surface area contributed by atoms with Crippen molar-refractivity contribution < 1.29 is 14.3 Å². The van der Waals surface area contributed by atoms with Crippen LogP contribution in [0, 0.1) is 12.8 Å². The average Bonchev–Trinajstić information content (AvgIpc) is 2.50. The molecule has 0 saturated heterocycles. The summed E-state index contributed by atoms with van der Waals surface area (Å²) in [5.41, 5.74) is 2.72. The molecule has 0 heterocycles. The zero-order chi connectivity index (χ0) is 15.4. The number of halogens is 1. The molecule has 3 nitrogen and oxygen atoms in total. The molecule has 21 heavy (non-hydrogen) atoms. The summed E-state index contributed by atoms with van der Waals surface area (Å²) in [5, 5.41) is 0.599. The number of hydrogen-bond donors (Lipinski definition) is 0. The number of carbonyl (C=O) groups excluding carboxylic acids is 1. The summed E-state index contributed by atoms with van der Waals surface area (Å²) >= 11 is 6.16. The van der Waals surface area contributed by atoms with Gasteiger partial charge in [-0.2, -0.15) is 0 Å². The predicted molar refractivity (Wildman–Crippen MR) is 84.0 cm³/mol. The molecule has 1 fully saturated rings. The lowest BCUT2D eigenvalue weighted by molar-refractivity contribution is 0.0568. The first-order chi connectivity index (χ1) is 10.0. The van der Waals surface area contributed by atoms with E-state index in [1.54, 1.807) is 13.2 Å². The topological polar surface area (TPSA) is 35.5 Å². The van der Waals surface area contributed by atoms with E-state index < -0.39 is 0 Å². The summed E-state index contributed by atoms with van der Waals surface area (Å²) in [6.07, 6.45) is 5.94. The minimum atomic E-state index is -0.320. The minimum absolute atomic E-state index is 0.320. The van der Waals surface area contributed by atoms with Gasteiger partial charge in [0.05, 0.1) is 18.8 Å². The summed E-state index contributed by atoms with van der Waals surface area (Å²) < 4.78 is 10.2. The van der Waals surface area contributed by atoms with E-state index in [1.165, 1.54) is 7.11 Å². The van der Waals surface area contributed by atoms with E-state index in [2.05, 4.69) is 0 Å². The van der Waals surface area contributed by atoms with Gasteiger partial charge in [0, 0.05) is 12.1 Å². The molecule has 0 spiro atoms. The van der Waals surface area contributed by atoms with Crippen molar-refractivity contribution in [1.29, 1.82) is 0 Å². The van der Waals surface area contributed by atoms with Crippen molar-refractivity contribution in [2.24, 2.45) is 5.92 Å². The van der Waals surface area contributed by atoms with E-state index in [-0.39, 0.29) is 5.97 Å². The van der Waals surface area contributed by atoms with Gasteiger partial charge < -0.3 is 9.47 Å². The molecule has 0 atom stereocenters. The maximum absolute atomic E-state index is 11.8. The number of hydrogen-bond acceptors (Lipinski definition) is 3. The molecule has 1 aliphatic carbocycles. The van der Waals surface area contributed by atoms with Gasteiger partial charge in [0.1, 0.15) is 0 Å². The van der Waals surface area contributed by atoms with Gasteiger partial charge in [0.25, 0.3) is 0 Å². The molecular weight excluding hydrogens is 288 g/mol. The highest BCUT2D eigenvalue weighted by Gasteiger charge is 2.23. The van der Waals surface area contributed by atoms with Crippen molar-refractivity contribution >= 4 is 17.6 Å². The van der Waals surface area contributed by atoms with Gasteiger partial charge >= 0.3 is 5.97 Å². The molecular formula is C17H23ClO3. The average molecular weight is 311 g/mol. The smallest absolute Gasteiger partial charge is 0.338 e. The van der Waals surface area contributed by atoms with Crippen LogP contribution in [-0.4, -0.2) is 26.3 Å². The second-order valence-corrected chi connectivity index (χ2v) is 6.25. The lowest BCUT2D eigenvalue weighted by Crippen LogP contribution is -2.22. The number of ether oxygens (including phenoxy) is 2. The van der Waals surface area contributed by atoms with Crippen LogP contribution in [0.25, 0.3) is 0 Å². The molecule has 1 saturated carbocycles. The Morgan fingerprint density at radius 3 is 2.48 bits per heavy atom. The Kier molecular flexibility index (Phi) is 5.65.